The van der Waals surface area contributed by atoms with Crippen molar-refractivity contribution in [2.45, 2.75) is 26.4 Å². The second-order valence-corrected chi connectivity index (χ2v) is 6.74. The topological polar surface area (TPSA) is 66.4 Å². The monoisotopic (exact) mass is 283 g/mol. The van der Waals surface area contributed by atoms with Crippen LogP contribution in [0.2, 0.25) is 0 Å². The van der Waals surface area contributed by atoms with Crippen LogP contribution in [0.5, 0.6) is 0 Å². The van der Waals surface area contributed by atoms with E-state index in [0.717, 1.165) is 11.0 Å². The Morgan fingerprint density at radius 1 is 1.32 bits per heavy atom. The minimum Gasteiger partial charge on any atom is -0.389 e. The first kappa shape index (κ1) is 15.9. The average molecular weight is 283 g/mol. The average Bonchev–Trinajstić information content (AvgIpc) is 2.36. The van der Waals surface area contributed by atoms with Crippen LogP contribution in [0.4, 0.5) is 0 Å². The van der Waals surface area contributed by atoms with Crippen LogP contribution in [0, 0.1) is 5.92 Å². The van der Waals surface area contributed by atoms with Crippen molar-refractivity contribution in [2.75, 3.05) is 6.54 Å². The van der Waals surface area contributed by atoms with Crippen molar-refractivity contribution in [3.8, 4) is 0 Å². The minimum atomic E-state index is -3.54. The number of sulfonamides is 1. The van der Waals surface area contributed by atoms with Gasteiger partial charge in [0.2, 0.25) is 10.0 Å². The number of hydrogen-bond donors (Lipinski definition) is 2. The first-order valence-electron chi connectivity index (χ1n) is 6.18. The lowest BCUT2D eigenvalue weighted by Gasteiger charge is -2.27. The van der Waals surface area contributed by atoms with Crippen LogP contribution in [0.25, 0.3) is 6.08 Å². The van der Waals surface area contributed by atoms with E-state index >= 15 is 0 Å². The first-order chi connectivity index (χ1) is 8.73. The molecule has 5 heteroatoms. The minimum absolute atomic E-state index is 0.00781. The van der Waals surface area contributed by atoms with Gasteiger partial charge in [0.15, 0.2) is 0 Å². The summed E-state index contributed by atoms with van der Waals surface area (Å²) in [5.74, 6) is -0.0340. The van der Waals surface area contributed by atoms with Crippen LogP contribution in [0.15, 0.2) is 35.7 Å². The summed E-state index contributed by atoms with van der Waals surface area (Å²) >= 11 is 0. The van der Waals surface area contributed by atoms with E-state index in [1.165, 1.54) is 6.08 Å². The zero-order chi connectivity index (χ0) is 14.5. The van der Waals surface area contributed by atoms with E-state index in [-0.39, 0.29) is 12.5 Å². The van der Waals surface area contributed by atoms with E-state index in [0.29, 0.717) is 0 Å². The quantitative estimate of drug-likeness (QED) is 0.839. The Morgan fingerprint density at radius 2 is 1.89 bits per heavy atom. The van der Waals surface area contributed by atoms with Crippen LogP contribution in [0.1, 0.15) is 26.3 Å². The predicted octanol–water partition coefficient (Wildman–Crippen LogP) is 1.98. The van der Waals surface area contributed by atoms with Gasteiger partial charge < -0.3 is 5.11 Å². The SMILES string of the molecule is CC(C)C(C)(O)CNS(=O)(=O)/C=C/c1ccccc1. The van der Waals surface area contributed by atoms with Crippen molar-refractivity contribution in [2.24, 2.45) is 5.92 Å². The zero-order valence-electron chi connectivity index (χ0n) is 11.5. The molecule has 0 aliphatic carbocycles. The Hall–Kier alpha value is -1.17. The van der Waals surface area contributed by atoms with E-state index < -0.39 is 15.6 Å². The van der Waals surface area contributed by atoms with Crippen molar-refractivity contribution < 1.29 is 13.5 Å². The van der Waals surface area contributed by atoms with Gasteiger partial charge in [-0.2, -0.15) is 0 Å². The number of nitrogens with one attached hydrogen (secondary N) is 1. The third kappa shape index (κ3) is 5.55. The molecule has 1 aromatic rings. The van der Waals surface area contributed by atoms with Gasteiger partial charge in [-0.25, -0.2) is 13.1 Å². The molecular formula is C14H21NO3S. The molecular weight excluding hydrogens is 262 g/mol. The largest absolute Gasteiger partial charge is 0.389 e. The third-order valence-electron chi connectivity index (χ3n) is 3.11. The summed E-state index contributed by atoms with van der Waals surface area (Å²) in [6.45, 7) is 5.29. The lowest BCUT2D eigenvalue weighted by molar-refractivity contribution is 0.0191. The lowest BCUT2D eigenvalue weighted by atomic mass is 9.93. The van der Waals surface area contributed by atoms with Gasteiger partial charge >= 0.3 is 0 Å². The molecule has 1 atom stereocenters. The molecule has 1 unspecified atom stereocenters. The molecule has 0 aromatic heterocycles. The molecule has 1 rings (SSSR count). The fourth-order valence-electron chi connectivity index (χ4n) is 1.23. The van der Waals surface area contributed by atoms with E-state index in [4.69, 9.17) is 0 Å². The Labute approximate surface area is 115 Å². The summed E-state index contributed by atoms with van der Waals surface area (Å²) in [7, 11) is -3.54. The predicted molar refractivity (Wildman–Crippen MR) is 77.9 cm³/mol. The number of rotatable bonds is 6. The van der Waals surface area contributed by atoms with Crippen molar-refractivity contribution >= 4 is 16.1 Å². The molecule has 0 aliphatic rings. The Kier molecular flexibility index (Phi) is 5.29. The lowest BCUT2D eigenvalue weighted by Crippen LogP contribution is -2.43. The van der Waals surface area contributed by atoms with E-state index in [1.54, 1.807) is 6.92 Å². The molecule has 0 fully saturated rings. The summed E-state index contributed by atoms with van der Waals surface area (Å²) in [4.78, 5) is 0. The number of aliphatic hydroxyl groups is 1. The van der Waals surface area contributed by atoms with E-state index in [1.807, 2.05) is 44.2 Å². The van der Waals surface area contributed by atoms with Crippen molar-refractivity contribution in [1.29, 1.82) is 0 Å². The Morgan fingerprint density at radius 3 is 2.42 bits per heavy atom. The van der Waals surface area contributed by atoms with Gasteiger partial charge in [0.05, 0.1) is 5.60 Å². The van der Waals surface area contributed by atoms with Crippen molar-refractivity contribution in [3.63, 3.8) is 0 Å². The van der Waals surface area contributed by atoms with Gasteiger partial charge in [-0.1, -0.05) is 44.2 Å². The molecule has 0 amide bonds. The van der Waals surface area contributed by atoms with Gasteiger partial charge in [-0.05, 0) is 24.5 Å². The summed E-state index contributed by atoms with van der Waals surface area (Å²) in [6.07, 6.45) is 1.52. The van der Waals surface area contributed by atoms with Gasteiger partial charge in [0, 0.05) is 12.0 Å². The van der Waals surface area contributed by atoms with Gasteiger partial charge in [0.1, 0.15) is 0 Å². The Balaban J connectivity index is 2.66. The molecule has 1 aromatic carbocycles. The number of benzene rings is 1. The highest BCUT2D eigenvalue weighted by atomic mass is 32.2. The first-order valence-corrected chi connectivity index (χ1v) is 7.73. The summed E-state index contributed by atoms with van der Waals surface area (Å²) < 4.78 is 25.9. The molecule has 0 spiro atoms. The standard InChI is InChI=1S/C14H21NO3S/c1-12(2)14(3,16)11-15-19(17,18)10-9-13-7-5-4-6-8-13/h4-10,12,15-16H,11H2,1-3H3/b10-9+. The normalized spacial score (nSPS) is 15.8. The maximum absolute atomic E-state index is 11.8. The number of hydrogen-bond acceptors (Lipinski definition) is 3. The van der Waals surface area contributed by atoms with Gasteiger partial charge in [-0.15, -0.1) is 0 Å². The zero-order valence-corrected chi connectivity index (χ0v) is 12.3. The fraction of sp³-hybridized carbons (Fsp3) is 0.429. The highest BCUT2D eigenvalue weighted by Crippen LogP contribution is 2.15. The summed E-state index contributed by atoms with van der Waals surface area (Å²) in [6, 6.07) is 9.17. The smallest absolute Gasteiger partial charge is 0.233 e. The molecule has 0 radical (unpaired) electrons. The second-order valence-electron chi connectivity index (χ2n) is 5.09. The van der Waals surface area contributed by atoms with E-state index in [9.17, 15) is 13.5 Å². The van der Waals surface area contributed by atoms with Crippen LogP contribution in [-0.2, 0) is 10.0 Å². The fourth-order valence-corrected chi connectivity index (χ4v) is 2.16. The highest BCUT2D eigenvalue weighted by molar-refractivity contribution is 7.92. The summed E-state index contributed by atoms with van der Waals surface area (Å²) in [5.41, 5.74) is -0.253. The van der Waals surface area contributed by atoms with Gasteiger partial charge in [0.25, 0.3) is 0 Å². The molecule has 0 aliphatic heterocycles. The van der Waals surface area contributed by atoms with Crippen molar-refractivity contribution in [3.05, 3.63) is 41.3 Å². The maximum atomic E-state index is 11.8. The second kappa shape index (κ2) is 6.32. The molecule has 0 heterocycles. The highest BCUT2D eigenvalue weighted by Gasteiger charge is 2.26. The van der Waals surface area contributed by atoms with Gasteiger partial charge in [-0.3, -0.25) is 0 Å². The third-order valence-corrected chi connectivity index (χ3v) is 4.16. The molecule has 2 N–H and O–H groups in total. The summed E-state index contributed by atoms with van der Waals surface area (Å²) in [5, 5.41) is 11.1. The molecule has 0 saturated carbocycles. The molecule has 4 nitrogen and oxygen atoms in total. The van der Waals surface area contributed by atoms with Crippen LogP contribution < -0.4 is 4.72 Å². The van der Waals surface area contributed by atoms with Crippen molar-refractivity contribution in [1.82, 2.24) is 4.72 Å². The molecule has 0 saturated heterocycles. The van der Waals surface area contributed by atoms with Crippen LogP contribution in [-0.4, -0.2) is 25.7 Å². The molecule has 0 bridgehead atoms. The van der Waals surface area contributed by atoms with Crippen LogP contribution >= 0.6 is 0 Å². The molecule has 19 heavy (non-hydrogen) atoms. The Bertz CT molecular complexity index is 519. The van der Waals surface area contributed by atoms with Crippen LogP contribution in [0.3, 0.4) is 0 Å². The molecule has 106 valence electrons. The van der Waals surface area contributed by atoms with E-state index in [2.05, 4.69) is 4.72 Å². The maximum Gasteiger partial charge on any atom is 0.233 e.